The van der Waals surface area contributed by atoms with Crippen molar-refractivity contribution in [3.8, 4) is 0 Å². The van der Waals surface area contributed by atoms with Gasteiger partial charge in [-0.1, -0.05) is 19.1 Å². The Morgan fingerprint density at radius 3 is 2.72 bits per heavy atom. The molecule has 1 heterocycles. The van der Waals surface area contributed by atoms with Crippen LogP contribution in [0.25, 0.3) is 0 Å². The third-order valence-corrected chi connectivity index (χ3v) is 3.40. The SMILES string of the molecule is CC[C@]1(c2ccc(F)cc2)CN(C(=O)O)CCO1. The first-order valence-electron chi connectivity index (χ1n) is 5.95. The number of hydrogen-bond acceptors (Lipinski definition) is 2. The molecule has 0 aliphatic carbocycles. The van der Waals surface area contributed by atoms with Gasteiger partial charge in [0.1, 0.15) is 11.4 Å². The van der Waals surface area contributed by atoms with E-state index in [2.05, 4.69) is 0 Å². The monoisotopic (exact) mass is 253 g/mol. The Bertz CT molecular complexity index is 434. The van der Waals surface area contributed by atoms with Gasteiger partial charge in [-0.25, -0.2) is 9.18 Å². The van der Waals surface area contributed by atoms with E-state index in [-0.39, 0.29) is 12.4 Å². The summed E-state index contributed by atoms with van der Waals surface area (Å²) in [4.78, 5) is 12.4. The van der Waals surface area contributed by atoms with Crippen molar-refractivity contribution in [3.63, 3.8) is 0 Å². The van der Waals surface area contributed by atoms with Crippen LogP contribution in [0.2, 0.25) is 0 Å². The molecule has 98 valence electrons. The molecular weight excluding hydrogens is 237 g/mol. The van der Waals surface area contributed by atoms with E-state index in [9.17, 15) is 9.18 Å². The topological polar surface area (TPSA) is 49.8 Å². The summed E-state index contributed by atoms with van der Waals surface area (Å²) in [5.41, 5.74) is 0.155. The van der Waals surface area contributed by atoms with Crippen LogP contribution in [0.3, 0.4) is 0 Å². The van der Waals surface area contributed by atoms with Crippen LogP contribution >= 0.6 is 0 Å². The zero-order chi connectivity index (χ0) is 13.2. The first-order chi connectivity index (χ1) is 8.57. The van der Waals surface area contributed by atoms with Gasteiger partial charge in [0, 0.05) is 6.54 Å². The maximum absolute atomic E-state index is 12.9. The van der Waals surface area contributed by atoms with Crippen LogP contribution in [-0.4, -0.2) is 35.8 Å². The Morgan fingerprint density at radius 2 is 2.17 bits per heavy atom. The number of ether oxygens (including phenoxy) is 1. The number of benzene rings is 1. The average molecular weight is 253 g/mol. The molecule has 0 unspecified atom stereocenters. The van der Waals surface area contributed by atoms with Crippen molar-refractivity contribution >= 4 is 6.09 Å². The molecule has 1 aromatic carbocycles. The summed E-state index contributed by atoms with van der Waals surface area (Å²) < 4.78 is 18.7. The van der Waals surface area contributed by atoms with E-state index in [4.69, 9.17) is 9.84 Å². The summed E-state index contributed by atoms with van der Waals surface area (Å²) in [6, 6.07) is 6.06. The molecule has 0 radical (unpaired) electrons. The number of rotatable bonds is 2. The van der Waals surface area contributed by atoms with Crippen molar-refractivity contribution in [2.24, 2.45) is 0 Å². The lowest BCUT2D eigenvalue weighted by atomic mass is 9.89. The summed E-state index contributed by atoms with van der Waals surface area (Å²) >= 11 is 0. The van der Waals surface area contributed by atoms with Crippen LogP contribution in [-0.2, 0) is 10.3 Å². The second kappa shape index (κ2) is 4.94. The first kappa shape index (κ1) is 12.8. The van der Waals surface area contributed by atoms with Gasteiger partial charge in [-0.2, -0.15) is 0 Å². The van der Waals surface area contributed by atoms with Gasteiger partial charge in [0.2, 0.25) is 0 Å². The van der Waals surface area contributed by atoms with E-state index < -0.39 is 11.7 Å². The van der Waals surface area contributed by atoms with Crippen LogP contribution in [0.15, 0.2) is 24.3 Å². The summed E-state index contributed by atoms with van der Waals surface area (Å²) in [6.07, 6.45) is -0.305. The Balaban J connectivity index is 2.29. The Morgan fingerprint density at radius 1 is 1.50 bits per heavy atom. The third-order valence-electron chi connectivity index (χ3n) is 3.40. The molecule has 4 nitrogen and oxygen atoms in total. The molecule has 18 heavy (non-hydrogen) atoms. The van der Waals surface area contributed by atoms with Gasteiger partial charge < -0.3 is 14.7 Å². The summed E-state index contributed by atoms with van der Waals surface area (Å²) in [6.45, 7) is 2.95. The largest absolute Gasteiger partial charge is 0.465 e. The molecule has 0 aromatic heterocycles. The molecular formula is C13H16FNO3. The summed E-state index contributed by atoms with van der Waals surface area (Å²) in [5, 5.41) is 9.07. The van der Waals surface area contributed by atoms with Gasteiger partial charge >= 0.3 is 6.09 Å². The maximum Gasteiger partial charge on any atom is 0.407 e. The average Bonchev–Trinajstić information content (AvgIpc) is 2.39. The number of halogens is 1. The minimum atomic E-state index is -0.946. The van der Waals surface area contributed by atoms with Gasteiger partial charge in [0.25, 0.3) is 0 Å². The highest BCUT2D eigenvalue weighted by atomic mass is 19.1. The molecule has 1 aliphatic heterocycles. The highest BCUT2D eigenvalue weighted by Gasteiger charge is 2.38. The van der Waals surface area contributed by atoms with Crippen LogP contribution in [0.1, 0.15) is 18.9 Å². The quantitative estimate of drug-likeness (QED) is 0.880. The van der Waals surface area contributed by atoms with E-state index in [1.165, 1.54) is 17.0 Å². The number of morpholine rings is 1. The van der Waals surface area contributed by atoms with Crippen molar-refractivity contribution in [2.45, 2.75) is 18.9 Å². The minimum absolute atomic E-state index is 0.282. The highest BCUT2D eigenvalue weighted by molar-refractivity contribution is 5.65. The molecule has 2 rings (SSSR count). The molecule has 1 amide bonds. The standard InChI is InChI=1S/C13H16FNO3/c1-2-13(10-3-5-11(14)6-4-10)9-15(12(16)17)7-8-18-13/h3-6H,2,7-9H2,1H3,(H,16,17)/t13-/m1/s1. The van der Waals surface area contributed by atoms with E-state index in [0.717, 1.165) is 5.56 Å². The van der Waals surface area contributed by atoms with Gasteiger partial charge in [0.15, 0.2) is 0 Å². The van der Waals surface area contributed by atoms with E-state index in [0.29, 0.717) is 19.6 Å². The maximum atomic E-state index is 12.9. The number of amides is 1. The van der Waals surface area contributed by atoms with Crippen molar-refractivity contribution in [3.05, 3.63) is 35.6 Å². The smallest absolute Gasteiger partial charge is 0.407 e. The zero-order valence-corrected chi connectivity index (χ0v) is 10.2. The van der Waals surface area contributed by atoms with Crippen molar-refractivity contribution in [1.82, 2.24) is 4.90 Å². The highest BCUT2D eigenvalue weighted by Crippen LogP contribution is 2.33. The predicted octanol–water partition coefficient (Wildman–Crippen LogP) is 2.44. The molecule has 5 heteroatoms. The second-order valence-electron chi connectivity index (χ2n) is 4.41. The van der Waals surface area contributed by atoms with Gasteiger partial charge in [0.05, 0.1) is 13.2 Å². The third kappa shape index (κ3) is 2.31. The number of hydrogen-bond donors (Lipinski definition) is 1. The van der Waals surface area contributed by atoms with E-state index >= 15 is 0 Å². The van der Waals surface area contributed by atoms with Gasteiger partial charge in [-0.3, -0.25) is 0 Å². The normalized spacial score (nSPS) is 24.0. The van der Waals surface area contributed by atoms with E-state index in [1.54, 1.807) is 12.1 Å². The van der Waals surface area contributed by atoms with Gasteiger partial charge in [-0.05, 0) is 24.1 Å². The van der Waals surface area contributed by atoms with Crippen LogP contribution in [0.4, 0.5) is 9.18 Å². The molecule has 1 N–H and O–H groups in total. The Labute approximate surface area is 105 Å². The summed E-state index contributed by atoms with van der Waals surface area (Å²) in [7, 11) is 0. The van der Waals surface area contributed by atoms with Gasteiger partial charge in [-0.15, -0.1) is 0 Å². The molecule has 0 bridgehead atoms. The summed E-state index contributed by atoms with van der Waals surface area (Å²) in [5.74, 6) is -0.309. The fourth-order valence-corrected chi connectivity index (χ4v) is 2.29. The molecule has 0 spiro atoms. The first-order valence-corrected chi connectivity index (χ1v) is 5.95. The predicted molar refractivity (Wildman–Crippen MR) is 63.9 cm³/mol. The second-order valence-corrected chi connectivity index (χ2v) is 4.41. The zero-order valence-electron chi connectivity index (χ0n) is 10.2. The lowest BCUT2D eigenvalue weighted by Gasteiger charge is -2.41. The van der Waals surface area contributed by atoms with E-state index in [1.807, 2.05) is 6.92 Å². The molecule has 0 saturated carbocycles. The van der Waals surface area contributed by atoms with Crippen LogP contribution in [0.5, 0.6) is 0 Å². The minimum Gasteiger partial charge on any atom is -0.465 e. The fourth-order valence-electron chi connectivity index (χ4n) is 2.29. The number of carboxylic acid groups (broad SMARTS) is 1. The molecule has 1 fully saturated rings. The Kier molecular flexibility index (Phi) is 3.52. The molecule has 1 saturated heterocycles. The van der Waals surface area contributed by atoms with Crippen molar-refractivity contribution < 1.29 is 19.0 Å². The van der Waals surface area contributed by atoms with Crippen molar-refractivity contribution in [2.75, 3.05) is 19.7 Å². The molecule has 1 aromatic rings. The lowest BCUT2D eigenvalue weighted by molar-refractivity contribution is -0.109. The van der Waals surface area contributed by atoms with Crippen LogP contribution < -0.4 is 0 Å². The molecule has 1 aliphatic rings. The Hall–Kier alpha value is -1.62. The number of carbonyl (C=O) groups is 1. The molecule has 1 atom stereocenters. The lowest BCUT2D eigenvalue weighted by Crippen LogP contribution is -2.51. The fraction of sp³-hybridized carbons (Fsp3) is 0.462. The van der Waals surface area contributed by atoms with Crippen molar-refractivity contribution in [1.29, 1.82) is 0 Å². The number of nitrogens with zero attached hydrogens (tertiary/aromatic N) is 1. The van der Waals surface area contributed by atoms with Crippen LogP contribution in [0, 0.1) is 5.82 Å².